The number of aryl methyl sites for hydroxylation is 1. The first-order valence-corrected chi connectivity index (χ1v) is 8.61. The second-order valence-corrected chi connectivity index (χ2v) is 6.51. The number of nitrogens with one attached hydrogen (secondary N) is 1. The molecule has 0 radical (unpaired) electrons. The van der Waals surface area contributed by atoms with Gasteiger partial charge in [0, 0.05) is 18.7 Å². The fourth-order valence-corrected chi connectivity index (χ4v) is 2.82. The van der Waals surface area contributed by atoms with Gasteiger partial charge in [0.05, 0.1) is 11.3 Å². The lowest BCUT2D eigenvalue weighted by Gasteiger charge is -2.11. The Kier molecular flexibility index (Phi) is 4.89. The summed E-state index contributed by atoms with van der Waals surface area (Å²) in [4.78, 5) is 12.4. The van der Waals surface area contributed by atoms with Crippen molar-refractivity contribution >= 4 is 5.91 Å². The minimum atomic E-state index is -0.432. The van der Waals surface area contributed by atoms with Gasteiger partial charge in [-0.15, -0.1) is 0 Å². The van der Waals surface area contributed by atoms with E-state index >= 15 is 0 Å². The normalized spacial score (nSPS) is 11.1. The van der Waals surface area contributed by atoms with E-state index in [1.54, 1.807) is 26.0 Å². The Balaban J connectivity index is 2.25. The second kappa shape index (κ2) is 7.14. The molecule has 3 aromatic rings. The number of aromatic hydroxyl groups is 2. The maximum Gasteiger partial charge on any atom is 0.274 e. The third kappa shape index (κ3) is 3.38. The molecule has 3 N–H and O–H groups in total. The minimum absolute atomic E-state index is 0.00565. The summed E-state index contributed by atoms with van der Waals surface area (Å²) in [6.07, 6.45) is 0. The molecule has 0 aliphatic heterocycles. The number of phenolic OH excluding ortho intramolecular Hbond substituents is 2. The van der Waals surface area contributed by atoms with Crippen LogP contribution in [0.5, 0.6) is 11.5 Å². The summed E-state index contributed by atoms with van der Waals surface area (Å²) in [6, 6.07) is 4.51. The van der Waals surface area contributed by atoms with Crippen LogP contribution in [0.25, 0.3) is 22.6 Å². The third-order valence-electron chi connectivity index (χ3n) is 4.13. The van der Waals surface area contributed by atoms with E-state index < -0.39 is 5.91 Å². The average Bonchev–Trinajstić information content (AvgIpc) is 3.20. The van der Waals surface area contributed by atoms with Crippen molar-refractivity contribution in [3.8, 4) is 34.1 Å². The lowest BCUT2D eigenvalue weighted by Crippen LogP contribution is -2.23. The highest BCUT2D eigenvalue weighted by Crippen LogP contribution is 2.43. The fraction of sp³-hybridized carbons (Fsp3) is 0.316. The van der Waals surface area contributed by atoms with E-state index in [9.17, 15) is 15.0 Å². The molecule has 8 nitrogen and oxygen atoms in total. The van der Waals surface area contributed by atoms with Crippen LogP contribution in [0.2, 0.25) is 0 Å². The molecule has 3 rings (SSSR count). The molecule has 1 aromatic carbocycles. The molecule has 0 unspecified atom stereocenters. The smallest absolute Gasteiger partial charge is 0.274 e. The second-order valence-electron chi connectivity index (χ2n) is 6.51. The van der Waals surface area contributed by atoms with Crippen molar-refractivity contribution in [1.29, 1.82) is 0 Å². The Morgan fingerprint density at radius 3 is 2.48 bits per heavy atom. The fourth-order valence-electron chi connectivity index (χ4n) is 2.82. The molecule has 0 bridgehead atoms. The van der Waals surface area contributed by atoms with Gasteiger partial charge in [0.15, 0.2) is 17.2 Å². The lowest BCUT2D eigenvalue weighted by molar-refractivity contribution is 0.0947. The van der Waals surface area contributed by atoms with Gasteiger partial charge in [0.2, 0.25) is 0 Å². The summed E-state index contributed by atoms with van der Waals surface area (Å²) in [5.41, 5.74) is 1.86. The molecule has 0 saturated heterocycles. The molecule has 8 heteroatoms. The molecule has 0 saturated carbocycles. The van der Waals surface area contributed by atoms with Gasteiger partial charge in [-0.2, -0.15) is 0 Å². The summed E-state index contributed by atoms with van der Waals surface area (Å²) in [5, 5.41) is 30.9. The number of hydrogen-bond acceptors (Lipinski definition) is 7. The highest BCUT2D eigenvalue weighted by Gasteiger charge is 2.29. The van der Waals surface area contributed by atoms with Crippen LogP contribution in [-0.2, 0) is 0 Å². The van der Waals surface area contributed by atoms with E-state index in [1.165, 1.54) is 6.07 Å². The van der Waals surface area contributed by atoms with E-state index in [0.717, 1.165) is 0 Å². The zero-order chi connectivity index (χ0) is 19.7. The van der Waals surface area contributed by atoms with Gasteiger partial charge in [0.1, 0.15) is 17.1 Å². The maximum atomic E-state index is 12.4. The van der Waals surface area contributed by atoms with Crippen molar-refractivity contribution in [3.63, 3.8) is 0 Å². The van der Waals surface area contributed by atoms with E-state index in [1.807, 2.05) is 13.8 Å². The number of rotatable bonds is 5. The number of benzene rings is 1. The van der Waals surface area contributed by atoms with Gasteiger partial charge in [-0.3, -0.25) is 4.79 Å². The molecule has 0 fully saturated rings. The molecule has 0 aliphatic carbocycles. The van der Waals surface area contributed by atoms with Crippen LogP contribution >= 0.6 is 0 Å². The van der Waals surface area contributed by atoms with Crippen molar-refractivity contribution in [2.45, 2.75) is 33.6 Å². The Morgan fingerprint density at radius 1 is 1.15 bits per heavy atom. The largest absolute Gasteiger partial charge is 0.508 e. The Bertz CT molecular complexity index is 987. The van der Waals surface area contributed by atoms with Gasteiger partial charge in [-0.1, -0.05) is 24.2 Å². The van der Waals surface area contributed by atoms with Gasteiger partial charge >= 0.3 is 0 Å². The number of amides is 1. The number of aromatic nitrogens is 2. The molecule has 1 amide bonds. The summed E-state index contributed by atoms with van der Waals surface area (Å²) in [7, 11) is 0. The van der Waals surface area contributed by atoms with Crippen LogP contribution in [0.1, 0.15) is 48.4 Å². The predicted octanol–water partition coefficient (Wildman–Crippen LogP) is 3.59. The van der Waals surface area contributed by atoms with Crippen LogP contribution in [0.15, 0.2) is 27.2 Å². The minimum Gasteiger partial charge on any atom is -0.508 e. The van der Waals surface area contributed by atoms with Crippen molar-refractivity contribution in [1.82, 2.24) is 15.6 Å². The molecule has 2 aromatic heterocycles. The molecule has 0 spiro atoms. The standard InChI is InChI=1S/C19H21N3O5/c1-5-20-19(25)17-16(15-6-10(4)21-26-15)18(27-22-17)12-7-11(9(2)3)13(23)8-14(12)24/h6-9,23-24H,5H2,1-4H3,(H,20,25). The Hall–Kier alpha value is -3.29. The molecule has 0 aliphatic rings. The summed E-state index contributed by atoms with van der Waals surface area (Å²) < 4.78 is 10.7. The zero-order valence-corrected chi connectivity index (χ0v) is 15.5. The third-order valence-corrected chi connectivity index (χ3v) is 4.13. The van der Waals surface area contributed by atoms with E-state index in [0.29, 0.717) is 29.1 Å². The number of carbonyl (C=O) groups excluding carboxylic acids is 1. The predicted molar refractivity (Wildman–Crippen MR) is 97.6 cm³/mol. The molecular weight excluding hydrogens is 350 g/mol. The maximum absolute atomic E-state index is 12.4. The van der Waals surface area contributed by atoms with Crippen LogP contribution in [0.3, 0.4) is 0 Å². The summed E-state index contributed by atoms with van der Waals surface area (Å²) >= 11 is 0. The first kappa shape index (κ1) is 18.5. The molecule has 27 heavy (non-hydrogen) atoms. The molecular formula is C19H21N3O5. The molecule has 142 valence electrons. The van der Waals surface area contributed by atoms with Crippen LogP contribution in [0, 0.1) is 6.92 Å². The van der Waals surface area contributed by atoms with Crippen LogP contribution < -0.4 is 5.32 Å². The number of phenols is 2. The first-order chi connectivity index (χ1) is 12.8. The van der Waals surface area contributed by atoms with E-state index in [4.69, 9.17) is 9.05 Å². The van der Waals surface area contributed by atoms with Gasteiger partial charge in [-0.25, -0.2) is 0 Å². The van der Waals surface area contributed by atoms with Crippen LogP contribution in [-0.4, -0.2) is 33.0 Å². The monoisotopic (exact) mass is 371 g/mol. The van der Waals surface area contributed by atoms with Crippen molar-refractivity contribution < 1.29 is 24.1 Å². The van der Waals surface area contributed by atoms with Gasteiger partial charge < -0.3 is 24.6 Å². The van der Waals surface area contributed by atoms with Crippen LogP contribution in [0.4, 0.5) is 0 Å². The van der Waals surface area contributed by atoms with Gasteiger partial charge in [-0.05, 0) is 31.4 Å². The number of nitrogens with zero attached hydrogens (tertiary/aromatic N) is 2. The van der Waals surface area contributed by atoms with Crippen molar-refractivity contribution in [2.75, 3.05) is 6.54 Å². The highest BCUT2D eigenvalue weighted by atomic mass is 16.5. The summed E-state index contributed by atoms with van der Waals surface area (Å²) in [5.74, 6) is -0.194. The van der Waals surface area contributed by atoms with Gasteiger partial charge in [0.25, 0.3) is 5.91 Å². The average molecular weight is 371 g/mol. The molecule has 2 heterocycles. The molecule has 0 atom stereocenters. The number of hydrogen-bond donors (Lipinski definition) is 3. The topological polar surface area (TPSA) is 122 Å². The van der Waals surface area contributed by atoms with Crippen molar-refractivity contribution in [3.05, 3.63) is 35.2 Å². The lowest BCUT2D eigenvalue weighted by atomic mass is 9.96. The highest BCUT2D eigenvalue weighted by molar-refractivity contribution is 6.01. The summed E-state index contributed by atoms with van der Waals surface area (Å²) in [6.45, 7) is 7.78. The first-order valence-electron chi connectivity index (χ1n) is 8.61. The SMILES string of the molecule is CCNC(=O)c1noc(-c2cc(C(C)C)c(O)cc2O)c1-c1cc(C)no1. The van der Waals surface area contributed by atoms with E-state index in [2.05, 4.69) is 15.6 Å². The van der Waals surface area contributed by atoms with Crippen molar-refractivity contribution in [2.24, 2.45) is 0 Å². The Labute approximate surface area is 155 Å². The number of carbonyl (C=O) groups is 1. The van der Waals surface area contributed by atoms with E-state index in [-0.39, 0.29) is 34.4 Å². The quantitative estimate of drug-likeness (QED) is 0.626. The zero-order valence-electron chi connectivity index (χ0n) is 15.5. The Morgan fingerprint density at radius 2 is 1.89 bits per heavy atom.